The molecule has 1 aromatic heterocycles. The molecule has 0 spiro atoms. The van der Waals surface area contributed by atoms with Crippen molar-refractivity contribution in [3.8, 4) is 0 Å². The van der Waals surface area contributed by atoms with Crippen LogP contribution < -0.4 is 0 Å². The van der Waals surface area contributed by atoms with E-state index in [9.17, 15) is 4.79 Å². The van der Waals surface area contributed by atoms with Gasteiger partial charge in [-0.05, 0) is 32.0 Å². The Morgan fingerprint density at radius 1 is 1.35 bits per heavy atom. The molecule has 0 unspecified atom stereocenters. The first-order valence-electron chi connectivity index (χ1n) is 7.33. The van der Waals surface area contributed by atoms with Gasteiger partial charge < -0.3 is 9.84 Å². The van der Waals surface area contributed by atoms with Crippen LogP contribution in [0, 0.1) is 0 Å². The van der Waals surface area contributed by atoms with Crippen molar-refractivity contribution in [2.45, 2.75) is 37.8 Å². The van der Waals surface area contributed by atoms with Gasteiger partial charge in [-0.25, -0.2) is 0 Å². The highest BCUT2D eigenvalue weighted by molar-refractivity contribution is 5.77. The Balaban J connectivity index is 1.60. The van der Waals surface area contributed by atoms with Gasteiger partial charge in [-0.1, -0.05) is 0 Å². The normalized spacial score (nSPS) is 25.1. The highest BCUT2D eigenvalue weighted by Crippen LogP contribution is 2.30. The van der Waals surface area contributed by atoms with Crippen LogP contribution in [0.2, 0.25) is 0 Å². The average molecular weight is 279 g/mol. The molecule has 1 N–H and O–H groups in total. The number of piperidine rings is 1. The lowest BCUT2D eigenvalue weighted by atomic mass is 9.92. The van der Waals surface area contributed by atoms with Crippen molar-refractivity contribution in [1.82, 2.24) is 14.7 Å². The van der Waals surface area contributed by atoms with E-state index in [1.165, 1.54) is 5.69 Å². The third kappa shape index (κ3) is 2.58. The second-order valence-corrected chi connectivity index (χ2v) is 5.49. The quantitative estimate of drug-likeness (QED) is 0.807. The maximum atomic E-state index is 11.6. The Hall–Kier alpha value is -1.40. The number of nitrogens with zero attached hydrogens (tertiary/aromatic N) is 3. The summed E-state index contributed by atoms with van der Waals surface area (Å²) in [4.78, 5) is 13.9. The van der Waals surface area contributed by atoms with Gasteiger partial charge in [0.2, 0.25) is 0 Å². The standard InChI is InChI=1S/C14H21N3O3/c18-9-8-17-12(1-5-15-17)11-2-6-16(7-3-11)13-4-10-20-14(13)19/h1,5,11,13,18H,2-4,6-10H2/t13-/m0/s1. The summed E-state index contributed by atoms with van der Waals surface area (Å²) in [7, 11) is 0. The molecule has 3 heterocycles. The number of rotatable bonds is 4. The molecule has 0 aromatic carbocycles. The molecule has 2 saturated heterocycles. The van der Waals surface area contributed by atoms with Gasteiger partial charge in [-0.3, -0.25) is 14.4 Å². The maximum Gasteiger partial charge on any atom is 0.323 e. The first-order chi connectivity index (χ1) is 9.79. The summed E-state index contributed by atoms with van der Waals surface area (Å²) in [5.41, 5.74) is 1.20. The summed E-state index contributed by atoms with van der Waals surface area (Å²) >= 11 is 0. The van der Waals surface area contributed by atoms with Crippen molar-refractivity contribution in [2.75, 3.05) is 26.3 Å². The van der Waals surface area contributed by atoms with E-state index in [4.69, 9.17) is 9.84 Å². The zero-order valence-corrected chi connectivity index (χ0v) is 11.6. The summed E-state index contributed by atoms with van der Waals surface area (Å²) in [6.07, 6.45) is 4.68. The Labute approximate surface area is 118 Å². The monoisotopic (exact) mass is 279 g/mol. The van der Waals surface area contributed by atoms with Crippen LogP contribution in [-0.2, 0) is 16.1 Å². The van der Waals surface area contributed by atoms with Crippen molar-refractivity contribution in [2.24, 2.45) is 0 Å². The van der Waals surface area contributed by atoms with Crippen molar-refractivity contribution in [1.29, 1.82) is 0 Å². The molecular formula is C14H21N3O3. The fourth-order valence-electron chi connectivity index (χ4n) is 3.30. The molecule has 0 amide bonds. The van der Waals surface area contributed by atoms with E-state index in [-0.39, 0.29) is 18.6 Å². The van der Waals surface area contributed by atoms with E-state index in [2.05, 4.69) is 10.00 Å². The highest BCUT2D eigenvalue weighted by atomic mass is 16.5. The number of likely N-dealkylation sites (tertiary alicyclic amines) is 1. The first kappa shape index (κ1) is 13.6. The van der Waals surface area contributed by atoms with Gasteiger partial charge in [0.1, 0.15) is 6.04 Å². The molecule has 2 fully saturated rings. The predicted octanol–water partition coefficient (Wildman–Crippen LogP) is 0.370. The van der Waals surface area contributed by atoms with E-state index in [1.54, 1.807) is 6.20 Å². The lowest BCUT2D eigenvalue weighted by molar-refractivity contribution is -0.142. The van der Waals surface area contributed by atoms with E-state index in [0.29, 0.717) is 19.1 Å². The third-order valence-corrected chi connectivity index (χ3v) is 4.36. The molecule has 0 bridgehead atoms. The third-order valence-electron chi connectivity index (χ3n) is 4.36. The molecule has 3 rings (SSSR count). The molecule has 0 aliphatic carbocycles. The van der Waals surface area contributed by atoms with Crippen LogP contribution >= 0.6 is 0 Å². The number of hydrogen-bond acceptors (Lipinski definition) is 5. The number of aliphatic hydroxyl groups excluding tert-OH is 1. The van der Waals surface area contributed by atoms with Crippen LogP contribution in [0.15, 0.2) is 12.3 Å². The van der Waals surface area contributed by atoms with Crippen LogP contribution in [0.1, 0.15) is 30.9 Å². The summed E-state index contributed by atoms with van der Waals surface area (Å²) in [5, 5.41) is 13.3. The van der Waals surface area contributed by atoms with Gasteiger partial charge in [-0.2, -0.15) is 5.10 Å². The number of carbonyl (C=O) groups is 1. The Morgan fingerprint density at radius 2 is 2.15 bits per heavy atom. The van der Waals surface area contributed by atoms with E-state index >= 15 is 0 Å². The predicted molar refractivity (Wildman–Crippen MR) is 72.2 cm³/mol. The Bertz CT molecular complexity index is 466. The highest BCUT2D eigenvalue weighted by Gasteiger charge is 2.35. The van der Waals surface area contributed by atoms with Gasteiger partial charge >= 0.3 is 5.97 Å². The summed E-state index contributed by atoms with van der Waals surface area (Å²) in [6, 6.07) is 2.01. The van der Waals surface area contributed by atoms with E-state index < -0.39 is 0 Å². The molecule has 2 aliphatic rings. The summed E-state index contributed by atoms with van der Waals surface area (Å²) in [6.45, 7) is 3.08. The molecule has 1 atom stereocenters. The number of ether oxygens (including phenoxy) is 1. The molecule has 20 heavy (non-hydrogen) atoms. The SMILES string of the molecule is O=C1OCC[C@@H]1N1CCC(c2ccnn2CCO)CC1. The molecule has 0 radical (unpaired) electrons. The molecule has 0 saturated carbocycles. The van der Waals surface area contributed by atoms with Gasteiger partial charge in [0.05, 0.1) is 19.8 Å². The van der Waals surface area contributed by atoms with Crippen molar-refractivity contribution in [3.05, 3.63) is 18.0 Å². The molecular weight excluding hydrogens is 258 g/mol. The zero-order chi connectivity index (χ0) is 13.9. The van der Waals surface area contributed by atoms with Gasteiger partial charge in [0, 0.05) is 24.2 Å². The van der Waals surface area contributed by atoms with Crippen LogP contribution in [0.3, 0.4) is 0 Å². The maximum absolute atomic E-state index is 11.6. The van der Waals surface area contributed by atoms with Crippen molar-refractivity contribution in [3.63, 3.8) is 0 Å². The number of cyclic esters (lactones) is 1. The van der Waals surface area contributed by atoms with E-state index in [0.717, 1.165) is 32.4 Å². The van der Waals surface area contributed by atoms with Crippen LogP contribution in [0.25, 0.3) is 0 Å². The molecule has 110 valence electrons. The topological polar surface area (TPSA) is 67.6 Å². The number of esters is 1. The van der Waals surface area contributed by atoms with Crippen molar-refractivity contribution >= 4 is 5.97 Å². The zero-order valence-electron chi connectivity index (χ0n) is 11.6. The number of carbonyl (C=O) groups excluding carboxylic acids is 1. The first-order valence-corrected chi connectivity index (χ1v) is 7.33. The van der Waals surface area contributed by atoms with Crippen LogP contribution in [0.5, 0.6) is 0 Å². The molecule has 2 aliphatic heterocycles. The lowest BCUT2D eigenvalue weighted by Gasteiger charge is -2.34. The van der Waals surface area contributed by atoms with Crippen LogP contribution in [0.4, 0.5) is 0 Å². The largest absolute Gasteiger partial charge is 0.464 e. The van der Waals surface area contributed by atoms with Crippen LogP contribution in [-0.4, -0.2) is 58.1 Å². The molecule has 6 nitrogen and oxygen atoms in total. The van der Waals surface area contributed by atoms with Gasteiger partial charge in [0.25, 0.3) is 0 Å². The fraction of sp³-hybridized carbons (Fsp3) is 0.714. The molecule has 1 aromatic rings. The minimum absolute atomic E-state index is 0.0293. The lowest BCUT2D eigenvalue weighted by Crippen LogP contribution is -2.43. The summed E-state index contributed by atoms with van der Waals surface area (Å²) < 4.78 is 6.94. The molecule has 6 heteroatoms. The fourth-order valence-corrected chi connectivity index (χ4v) is 3.30. The van der Waals surface area contributed by atoms with Gasteiger partial charge in [-0.15, -0.1) is 0 Å². The minimum atomic E-state index is -0.0613. The second kappa shape index (κ2) is 5.93. The minimum Gasteiger partial charge on any atom is -0.464 e. The van der Waals surface area contributed by atoms with Gasteiger partial charge in [0.15, 0.2) is 0 Å². The number of aromatic nitrogens is 2. The average Bonchev–Trinajstić information content (AvgIpc) is 3.09. The van der Waals surface area contributed by atoms with E-state index in [1.807, 2.05) is 10.7 Å². The smallest absolute Gasteiger partial charge is 0.323 e. The number of hydrogen-bond donors (Lipinski definition) is 1. The second-order valence-electron chi connectivity index (χ2n) is 5.49. The Kier molecular flexibility index (Phi) is 4.03. The summed E-state index contributed by atoms with van der Waals surface area (Å²) in [5.74, 6) is 0.409. The van der Waals surface area contributed by atoms with Crippen molar-refractivity contribution < 1.29 is 14.6 Å². The Morgan fingerprint density at radius 3 is 2.80 bits per heavy atom. The number of aliphatic hydroxyl groups is 1.